The van der Waals surface area contributed by atoms with E-state index in [0.29, 0.717) is 22.8 Å². The van der Waals surface area contributed by atoms with Gasteiger partial charge in [-0.25, -0.2) is 4.39 Å². The molecular formula is C16H22FN3. The van der Waals surface area contributed by atoms with Gasteiger partial charge in [-0.2, -0.15) is 0 Å². The zero-order valence-electron chi connectivity index (χ0n) is 12.5. The fourth-order valence-corrected chi connectivity index (χ4v) is 2.62. The highest BCUT2D eigenvalue weighted by molar-refractivity contribution is 5.98. The first kappa shape index (κ1) is 14.6. The van der Waals surface area contributed by atoms with Gasteiger partial charge in [-0.1, -0.05) is 13.8 Å². The predicted octanol–water partition coefficient (Wildman–Crippen LogP) is 3.83. The van der Waals surface area contributed by atoms with E-state index in [1.165, 1.54) is 6.07 Å². The van der Waals surface area contributed by atoms with E-state index in [-0.39, 0.29) is 11.9 Å². The number of benzene rings is 1. The Morgan fingerprint density at radius 3 is 2.70 bits per heavy atom. The van der Waals surface area contributed by atoms with Gasteiger partial charge in [0.05, 0.1) is 11.2 Å². The maximum Gasteiger partial charge on any atom is 0.150 e. The molecule has 0 spiro atoms. The topological polar surface area (TPSA) is 42.1 Å². The summed E-state index contributed by atoms with van der Waals surface area (Å²) in [5.74, 6) is 0.246. The van der Waals surface area contributed by atoms with Gasteiger partial charge in [0.15, 0.2) is 5.82 Å². The van der Waals surface area contributed by atoms with Crippen molar-refractivity contribution in [3.05, 3.63) is 30.2 Å². The molecule has 0 bridgehead atoms. The smallest absolute Gasteiger partial charge is 0.150 e. The molecule has 20 heavy (non-hydrogen) atoms. The largest absolute Gasteiger partial charge is 0.398 e. The van der Waals surface area contributed by atoms with Crippen LogP contribution in [-0.4, -0.2) is 18.1 Å². The van der Waals surface area contributed by atoms with E-state index >= 15 is 0 Å². The molecule has 0 amide bonds. The summed E-state index contributed by atoms with van der Waals surface area (Å²) in [5.41, 5.74) is 7.47. The zero-order valence-corrected chi connectivity index (χ0v) is 12.5. The quantitative estimate of drug-likeness (QED) is 0.862. The number of rotatable bonds is 4. The Bertz CT molecular complexity index is 610. The number of nitrogens with zero attached hydrogens (tertiary/aromatic N) is 2. The van der Waals surface area contributed by atoms with Crippen LogP contribution in [0.1, 0.15) is 27.2 Å². The van der Waals surface area contributed by atoms with E-state index in [9.17, 15) is 4.39 Å². The lowest BCUT2D eigenvalue weighted by Gasteiger charge is -2.29. The van der Waals surface area contributed by atoms with Crippen LogP contribution in [0.15, 0.2) is 24.4 Å². The molecule has 4 heteroatoms. The lowest BCUT2D eigenvalue weighted by molar-refractivity contribution is 0.499. The molecule has 0 aliphatic heterocycles. The number of hydrogen-bond acceptors (Lipinski definition) is 3. The molecule has 1 aromatic carbocycles. The van der Waals surface area contributed by atoms with Gasteiger partial charge in [0, 0.05) is 30.4 Å². The van der Waals surface area contributed by atoms with Crippen molar-refractivity contribution in [1.29, 1.82) is 0 Å². The van der Waals surface area contributed by atoms with Crippen molar-refractivity contribution >= 4 is 22.3 Å². The number of hydrogen-bond donors (Lipinski definition) is 1. The Hall–Kier alpha value is -1.84. The first-order valence-corrected chi connectivity index (χ1v) is 6.97. The molecule has 1 heterocycles. The molecule has 0 aliphatic rings. The summed E-state index contributed by atoms with van der Waals surface area (Å²) in [6.45, 7) is 6.44. The predicted molar refractivity (Wildman–Crippen MR) is 83.4 cm³/mol. The molecule has 1 unspecified atom stereocenters. The molecule has 2 N–H and O–H groups in total. The number of anilines is 2. The highest BCUT2D eigenvalue weighted by Crippen LogP contribution is 2.33. The maximum absolute atomic E-state index is 14.4. The van der Waals surface area contributed by atoms with Gasteiger partial charge in [0.1, 0.15) is 0 Å². The van der Waals surface area contributed by atoms with Crippen LogP contribution < -0.4 is 10.6 Å². The highest BCUT2D eigenvalue weighted by Gasteiger charge is 2.20. The summed E-state index contributed by atoms with van der Waals surface area (Å²) in [6, 6.07) is 5.32. The van der Waals surface area contributed by atoms with Gasteiger partial charge < -0.3 is 10.6 Å². The van der Waals surface area contributed by atoms with Gasteiger partial charge in [0.25, 0.3) is 0 Å². The highest BCUT2D eigenvalue weighted by atomic mass is 19.1. The van der Waals surface area contributed by atoms with Gasteiger partial charge in [0.2, 0.25) is 0 Å². The van der Waals surface area contributed by atoms with Gasteiger partial charge in [-0.15, -0.1) is 0 Å². The summed E-state index contributed by atoms with van der Waals surface area (Å²) in [7, 11) is 1.91. The normalized spacial score (nSPS) is 12.9. The Morgan fingerprint density at radius 2 is 2.05 bits per heavy atom. The van der Waals surface area contributed by atoms with Crippen molar-refractivity contribution < 1.29 is 4.39 Å². The maximum atomic E-state index is 14.4. The number of nitrogens with two attached hydrogens (primary N) is 1. The zero-order chi connectivity index (χ0) is 14.9. The monoisotopic (exact) mass is 275 g/mol. The second kappa shape index (κ2) is 5.65. The molecule has 0 saturated heterocycles. The van der Waals surface area contributed by atoms with E-state index in [2.05, 4.69) is 25.8 Å². The van der Waals surface area contributed by atoms with Crippen LogP contribution >= 0.6 is 0 Å². The van der Waals surface area contributed by atoms with Crippen LogP contribution in [0.2, 0.25) is 0 Å². The number of pyridine rings is 1. The third kappa shape index (κ3) is 2.69. The SMILES string of the molecule is CC(C)CC(C)N(C)c1c(F)cc(N)c2cccnc12. The summed E-state index contributed by atoms with van der Waals surface area (Å²) in [4.78, 5) is 6.29. The minimum absolute atomic E-state index is 0.235. The van der Waals surface area contributed by atoms with Crippen LogP contribution in [0.5, 0.6) is 0 Å². The standard InChI is InChI=1S/C16H22FN3/c1-10(2)8-11(3)20(4)16-13(17)9-14(18)12-6-5-7-19-15(12)16/h5-7,9-11H,8,18H2,1-4H3. The van der Waals surface area contributed by atoms with Crippen molar-refractivity contribution in [1.82, 2.24) is 4.98 Å². The van der Waals surface area contributed by atoms with Crippen molar-refractivity contribution in [2.45, 2.75) is 33.2 Å². The Morgan fingerprint density at radius 1 is 1.35 bits per heavy atom. The fraction of sp³-hybridized carbons (Fsp3) is 0.438. The molecule has 0 aliphatic carbocycles. The van der Waals surface area contributed by atoms with Crippen LogP contribution in [0.25, 0.3) is 10.9 Å². The summed E-state index contributed by atoms with van der Waals surface area (Å²) in [5, 5.41) is 0.799. The van der Waals surface area contributed by atoms with E-state index in [4.69, 9.17) is 5.73 Å². The van der Waals surface area contributed by atoms with Gasteiger partial charge in [-0.05, 0) is 37.5 Å². The molecular weight excluding hydrogens is 253 g/mol. The number of halogens is 1. The van der Waals surface area contributed by atoms with Crippen molar-refractivity contribution in [3.8, 4) is 0 Å². The lowest BCUT2D eigenvalue weighted by Crippen LogP contribution is -2.31. The van der Waals surface area contributed by atoms with E-state index in [1.54, 1.807) is 6.20 Å². The van der Waals surface area contributed by atoms with E-state index < -0.39 is 0 Å². The Balaban J connectivity index is 2.53. The molecule has 1 atom stereocenters. The van der Waals surface area contributed by atoms with E-state index in [0.717, 1.165) is 11.8 Å². The number of nitrogen functional groups attached to an aromatic ring is 1. The second-order valence-electron chi connectivity index (χ2n) is 5.79. The molecule has 1 aromatic heterocycles. The fourth-order valence-electron chi connectivity index (χ4n) is 2.62. The van der Waals surface area contributed by atoms with Crippen LogP contribution in [0, 0.1) is 11.7 Å². The van der Waals surface area contributed by atoms with Crippen molar-refractivity contribution in [2.75, 3.05) is 17.7 Å². The van der Waals surface area contributed by atoms with Crippen molar-refractivity contribution in [2.24, 2.45) is 5.92 Å². The minimum atomic E-state index is -0.313. The first-order valence-electron chi connectivity index (χ1n) is 6.97. The Kier molecular flexibility index (Phi) is 4.12. The molecule has 0 radical (unpaired) electrons. The Labute approximate surface area is 119 Å². The van der Waals surface area contributed by atoms with Crippen LogP contribution in [0.4, 0.5) is 15.8 Å². The third-order valence-corrected chi connectivity index (χ3v) is 3.68. The van der Waals surface area contributed by atoms with Gasteiger partial charge >= 0.3 is 0 Å². The number of fused-ring (bicyclic) bond motifs is 1. The second-order valence-corrected chi connectivity index (χ2v) is 5.79. The molecule has 0 fully saturated rings. The summed E-state index contributed by atoms with van der Waals surface area (Å²) >= 11 is 0. The summed E-state index contributed by atoms with van der Waals surface area (Å²) < 4.78 is 14.4. The number of aromatic nitrogens is 1. The van der Waals surface area contributed by atoms with Crippen LogP contribution in [0.3, 0.4) is 0 Å². The molecule has 2 rings (SSSR count). The average molecular weight is 275 g/mol. The minimum Gasteiger partial charge on any atom is -0.398 e. The van der Waals surface area contributed by atoms with Crippen molar-refractivity contribution in [3.63, 3.8) is 0 Å². The summed E-state index contributed by atoms with van der Waals surface area (Å²) in [6.07, 6.45) is 2.67. The van der Waals surface area contributed by atoms with Crippen LogP contribution in [-0.2, 0) is 0 Å². The molecule has 3 nitrogen and oxygen atoms in total. The molecule has 108 valence electrons. The first-order chi connectivity index (χ1) is 9.41. The average Bonchev–Trinajstić information content (AvgIpc) is 2.37. The third-order valence-electron chi connectivity index (χ3n) is 3.68. The van der Waals surface area contributed by atoms with E-state index in [1.807, 2.05) is 24.1 Å². The van der Waals surface area contributed by atoms with Gasteiger partial charge in [-0.3, -0.25) is 4.98 Å². The molecule has 2 aromatic rings. The lowest BCUT2D eigenvalue weighted by atomic mass is 10.0. The molecule has 0 saturated carbocycles.